The Morgan fingerprint density at radius 1 is 1.08 bits per heavy atom. The van der Waals surface area contributed by atoms with Crippen molar-refractivity contribution >= 4 is 5.91 Å². The fourth-order valence-electron chi connectivity index (χ4n) is 5.13. The minimum Gasteiger partial charge on any atom is -0.328 e. The Kier molecular flexibility index (Phi) is 3.47. The van der Waals surface area contributed by atoms with Gasteiger partial charge < -0.3 is 4.90 Å². The van der Waals surface area contributed by atoms with E-state index in [-0.39, 0.29) is 11.9 Å². The molecule has 1 aromatic heterocycles. The summed E-state index contributed by atoms with van der Waals surface area (Å²) >= 11 is 0. The molecule has 3 atom stereocenters. The standard InChI is InChI=1S/C21H25N3O/c1-14-19(13-22-24(14)17-8-5-9-17)21(25)23-18-11-10-16(12-18)20(23)15-6-3-2-4-7-15/h2-4,6-7,13,16-18,20H,5,8-12H2,1H3. The van der Waals surface area contributed by atoms with E-state index in [1.165, 1.54) is 31.2 Å². The average Bonchev–Trinajstić information content (AvgIpc) is 3.29. The zero-order valence-corrected chi connectivity index (χ0v) is 14.8. The van der Waals surface area contributed by atoms with Crippen molar-refractivity contribution in [3.8, 4) is 0 Å². The van der Waals surface area contributed by atoms with Crippen molar-refractivity contribution in [1.29, 1.82) is 0 Å². The molecule has 3 fully saturated rings. The minimum absolute atomic E-state index is 0.184. The number of likely N-dealkylation sites (tertiary alicyclic amines) is 1. The summed E-state index contributed by atoms with van der Waals surface area (Å²) in [6.07, 6.45) is 9.02. The molecule has 4 heteroatoms. The van der Waals surface area contributed by atoms with Gasteiger partial charge in [-0.3, -0.25) is 9.48 Å². The van der Waals surface area contributed by atoms with Gasteiger partial charge in [-0.1, -0.05) is 30.3 Å². The van der Waals surface area contributed by atoms with Crippen LogP contribution in [0, 0.1) is 12.8 Å². The zero-order valence-electron chi connectivity index (χ0n) is 14.8. The van der Waals surface area contributed by atoms with Crippen LogP contribution in [0.1, 0.15) is 72.2 Å². The maximum atomic E-state index is 13.5. The summed E-state index contributed by atoms with van der Waals surface area (Å²) in [7, 11) is 0. The Morgan fingerprint density at radius 2 is 1.88 bits per heavy atom. The highest BCUT2D eigenvalue weighted by atomic mass is 16.2. The van der Waals surface area contributed by atoms with Crippen molar-refractivity contribution in [2.24, 2.45) is 5.92 Å². The first-order chi connectivity index (χ1) is 12.2. The summed E-state index contributed by atoms with van der Waals surface area (Å²) in [5, 5.41) is 4.56. The van der Waals surface area contributed by atoms with Crippen LogP contribution in [-0.2, 0) is 0 Å². The Morgan fingerprint density at radius 3 is 2.60 bits per heavy atom. The lowest BCUT2D eigenvalue weighted by Crippen LogP contribution is -2.40. The molecule has 130 valence electrons. The molecule has 2 saturated carbocycles. The van der Waals surface area contributed by atoms with Gasteiger partial charge in [0.15, 0.2) is 0 Å². The largest absolute Gasteiger partial charge is 0.328 e. The molecule has 0 radical (unpaired) electrons. The van der Waals surface area contributed by atoms with Crippen molar-refractivity contribution in [2.45, 2.75) is 63.6 Å². The molecule has 1 aliphatic heterocycles. The van der Waals surface area contributed by atoms with Gasteiger partial charge in [-0.25, -0.2) is 0 Å². The molecule has 0 N–H and O–H groups in total. The topological polar surface area (TPSA) is 38.1 Å². The second-order valence-electron chi connectivity index (χ2n) is 7.97. The average molecular weight is 335 g/mol. The second-order valence-corrected chi connectivity index (χ2v) is 7.97. The smallest absolute Gasteiger partial charge is 0.258 e. The number of rotatable bonds is 3. The van der Waals surface area contributed by atoms with Crippen LogP contribution in [-0.4, -0.2) is 26.6 Å². The molecule has 3 aliphatic rings. The van der Waals surface area contributed by atoms with E-state index in [9.17, 15) is 4.79 Å². The number of carbonyl (C=O) groups excluding carboxylic acids is 1. The van der Waals surface area contributed by atoms with E-state index in [2.05, 4.69) is 51.9 Å². The number of hydrogen-bond donors (Lipinski definition) is 0. The minimum atomic E-state index is 0.184. The molecule has 4 nitrogen and oxygen atoms in total. The molecular weight excluding hydrogens is 310 g/mol. The predicted molar refractivity (Wildman–Crippen MR) is 96.3 cm³/mol. The van der Waals surface area contributed by atoms with Gasteiger partial charge in [-0.05, 0) is 56.9 Å². The van der Waals surface area contributed by atoms with Crippen molar-refractivity contribution in [3.05, 3.63) is 53.3 Å². The fraction of sp³-hybridized carbons (Fsp3) is 0.524. The molecular formula is C21H25N3O. The second kappa shape index (κ2) is 5.72. The Balaban J connectivity index is 1.49. The van der Waals surface area contributed by atoms with Gasteiger partial charge in [0, 0.05) is 11.7 Å². The maximum Gasteiger partial charge on any atom is 0.258 e. The lowest BCUT2D eigenvalue weighted by atomic mass is 9.91. The highest BCUT2D eigenvalue weighted by Gasteiger charge is 2.49. The lowest BCUT2D eigenvalue weighted by Gasteiger charge is -2.36. The van der Waals surface area contributed by atoms with Crippen LogP contribution < -0.4 is 0 Å². The Bertz CT molecular complexity index is 793. The fourth-order valence-corrected chi connectivity index (χ4v) is 5.13. The summed E-state index contributed by atoms with van der Waals surface area (Å²) < 4.78 is 2.09. The Hall–Kier alpha value is -2.10. The molecule has 3 unspecified atom stereocenters. The van der Waals surface area contributed by atoms with Crippen LogP contribution in [0.4, 0.5) is 0 Å². The number of amides is 1. The van der Waals surface area contributed by atoms with Crippen LogP contribution in [0.5, 0.6) is 0 Å². The van der Waals surface area contributed by atoms with Crippen LogP contribution in [0.3, 0.4) is 0 Å². The number of nitrogens with zero attached hydrogens (tertiary/aromatic N) is 3. The van der Waals surface area contributed by atoms with Crippen LogP contribution in [0.15, 0.2) is 36.5 Å². The summed E-state index contributed by atoms with van der Waals surface area (Å²) in [4.78, 5) is 15.6. The van der Waals surface area contributed by atoms with Gasteiger partial charge in [0.1, 0.15) is 0 Å². The van der Waals surface area contributed by atoms with E-state index in [0.29, 0.717) is 18.0 Å². The van der Waals surface area contributed by atoms with Crippen molar-refractivity contribution in [1.82, 2.24) is 14.7 Å². The quantitative estimate of drug-likeness (QED) is 0.839. The summed E-state index contributed by atoms with van der Waals surface area (Å²) in [5.74, 6) is 0.794. The lowest BCUT2D eigenvalue weighted by molar-refractivity contribution is 0.0589. The number of benzene rings is 1. The third-order valence-electron chi connectivity index (χ3n) is 6.66. The monoisotopic (exact) mass is 335 g/mol. The highest BCUT2D eigenvalue weighted by Crippen LogP contribution is 2.50. The first kappa shape index (κ1) is 15.2. The van der Waals surface area contributed by atoms with E-state index >= 15 is 0 Å². The highest BCUT2D eigenvalue weighted by molar-refractivity contribution is 5.96. The maximum absolute atomic E-state index is 13.5. The van der Waals surface area contributed by atoms with Crippen molar-refractivity contribution in [2.75, 3.05) is 0 Å². The van der Waals surface area contributed by atoms with E-state index in [4.69, 9.17) is 0 Å². The molecule has 1 saturated heterocycles. The molecule has 1 aromatic carbocycles. The first-order valence-electron chi connectivity index (χ1n) is 9.65. The van der Waals surface area contributed by atoms with Gasteiger partial charge in [-0.2, -0.15) is 5.10 Å². The summed E-state index contributed by atoms with van der Waals surface area (Å²) in [6.45, 7) is 2.06. The molecule has 2 bridgehead atoms. The van der Waals surface area contributed by atoms with Gasteiger partial charge >= 0.3 is 0 Å². The molecule has 1 amide bonds. The van der Waals surface area contributed by atoms with Gasteiger partial charge in [0.2, 0.25) is 0 Å². The number of hydrogen-bond acceptors (Lipinski definition) is 2. The van der Waals surface area contributed by atoms with E-state index < -0.39 is 0 Å². The molecule has 2 aromatic rings. The number of aromatic nitrogens is 2. The summed E-state index contributed by atoms with van der Waals surface area (Å²) in [6, 6.07) is 11.7. The van der Waals surface area contributed by atoms with Crippen molar-refractivity contribution < 1.29 is 4.79 Å². The molecule has 25 heavy (non-hydrogen) atoms. The van der Waals surface area contributed by atoms with Crippen LogP contribution in [0.2, 0.25) is 0 Å². The molecule has 2 aliphatic carbocycles. The normalized spacial score (nSPS) is 28.4. The van der Waals surface area contributed by atoms with Crippen LogP contribution in [0.25, 0.3) is 0 Å². The van der Waals surface area contributed by atoms with Gasteiger partial charge in [0.25, 0.3) is 5.91 Å². The predicted octanol–water partition coefficient (Wildman–Crippen LogP) is 4.28. The van der Waals surface area contributed by atoms with Crippen molar-refractivity contribution in [3.63, 3.8) is 0 Å². The SMILES string of the molecule is Cc1c(C(=O)N2C3CCC(C3)C2c2ccccc2)cnn1C1CCC1. The third-order valence-corrected chi connectivity index (χ3v) is 6.66. The third kappa shape index (κ3) is 2.26. The molecule has 0 spiro atoms. The zero-order chi connectivity index (χ0) is 17.0. The first-order valence-corrected chi connectivity index (χ1v) is 9.65. The number of fused-ring (bicyclic) bond motifs is 2. The Labute approximate surface area is 148 Å². The molecule has 5 rings (SSSR count). The summed E-state index contributed by atoms with van der Waals surface area (Å²) in [5.41, 5.74) is 3.14. The number of piperidine rings is 1. The number of carbonyl (C=O) groups is 1. The van der Waals surface area contributed by atoms with E-state index in [1.807, 2.05) is 6.20 Å². The van der Waals surface area contributed by atoms with Gasteiger partial charge in [0.05, 0.1) is 23.8 Å². The van der Waals surface area contributed by atoms with E-state index in [0.717, 1.165) is 24.1 Å². The van der Waals surface area contributed by atoms with Gasteiger partial charge in [-0.15, -0.1) is 0 Å². The van der Waals surface area contributed by atoms with E-state index in [1.54, 1.807) is 0 Å². The van der Waals surface area contributed by atoms with Crippen LogP contribution >= 0.6 is 0 Å². The molecule has 2 heterocycles.